The molecule has 0 radical (unpaired) electrons. The number of likely N-dealkylation sites (N-methyl/N-ethyl adjacent to an activating group) is 1. The normalized spacial score (nSPS) is 31.3. The molecular formula is C10H18F2N2. The lowest BCUT2D eigenvalue weighted by Crippen LogP contribution is -2.68. The summed E-state index contributed by atoms with van der Waals surface area (Å²) < 4.78 is 26.4. The Morgan fingerprint density at radius 3 is 2.07 bits per heavy atom. The maximum absolute atomic E-state index is 13.2. The van der Waals surface area contributed by atoms with Gasteiger partial charge in [0.2, 0.25) is 0 Å². The molecule has 0 aromatic heterocycles. The maximum Gasteiger partial charge on any atom is 0.262 e. The lowest BCUT2D eigenvalue weighted by molar-refractivity contribution is -0.0423. The summed E-state index contributed by atoms with van der Waals surface area (Å²) in [7, 11) is 1.82. The van der Waals surface area contributed by atoms with Gasteiger partial charge < -0.3 is 0 Å². The van der Waals surface area contributed by atoms with Crippen molar-refractivity contribution in [2.24, 2.45) is 0 Å². The second kappa shape index (κ2) is 2.89. The van der Waals surface area contributed by atoms with Crippen molar-refractivity contribution >= 4 is 0 Å². The molecule has 2 aliphatic rings. The molecule has 14 heavy (non-hydrogen) atoms. The average molecular weight is 204 g/mol. The lowest BCUT2D eigenvalue weighted by Gasteiger charge is -2.53. The molecule has 2 fully saturated rings. The van der Waals surface area contributed by atoms with E-state index in [2.05, 4.69) is 18.7 Å². The van der Waals surface area contributed by atoms with Gasteiger partial charge in [0, 0.05) is 25.6 Å². The Labute approximate surface area is 83.9 Å². The molecule has 82 valence electrons. The summed E-state index contributed by atoms with van der Waals surface area (Å²) in [5.41, 5.74) is -0.228. The van der Waals surface area contributed by atoms with Crippen molar-refractivity contribution in [2.75, 3.05) is 26.7 Å². The van der Waals surface area contributed by atoms with Gasteiger partial charge in [-0.3, -0.25) is 9.80 Å². The first-order valence-electron chi connectivity index (χ1n) is 5.18. The summed E-state index contributed by atoms with van der Waals surface area (Å²) >= 11 is 0. The minimum atomic E-state index is -2.47. The van der Waals surface area contributed by atoms with Gasteiger partial charge >= 0.3 is 0 Å². The van der Waals surface area contributed by atoms with Crippen molar-refractivity contribution in [3.05, 3.63) is 0 Å². The number of nitrogens with zero attached hydrogens (tertiary/aromatic N) is 2. The Hall–Kier alpha value is -0.220. The van der Waals surface area contributed by atoms with E-state index in [1.807, 2.05) is 11.9 Å². The lowest BCUT2D eigenvalue weighted by atomic mass is 9.85. The fourth-order valence-electron chi connectivity index (χ4n) is 2.62. The number of rotatable bonds is 1. The van der Waals surface area contributed by atoms with Crippen LogP contribution in [0.1, 0.15) is 20.3 Å². The number of hydrogen-bond acceptors (Lipinski definition) is 2. The SMILES string of the molecule is CC(C)N1CC2(C1)CC(F)(F)CN2C. The molecule has 0 saturated carbocycles. The molecule has 1 spiro atoms. The number of alkyl halides is 2. The van der Waals surface area contributed by atoms with Crippen LogP contribution in [0.3, 0.4) is 0 Å². The monoisotopic (exact) mass is 204 g/mol. The molecule has 0 N–H and O–H groups in total. The minimum absolute atomic E-state index is 0.0414. The van der Waals surface area contributed by atoms with Crippen molar-refractivity contribution in [3.63, 3.8) is 0 Å². The third-order valence-electron chi connectivity index (χ3n) is 3.59. The smallest absolute Gasteiger partial charge is 0.262 e. The summed E-state index contributed by atoms with van der Waals surface area (Å²) in [5.74, 6) is -2.47. The molecule has 4 heteroatoms. The third kappa shape index (κ3) is 1.44. The molecule has 0 amide bonds. The van der Waals surface area contributed by atoms with Gasteiger partial charge in [-0.25, -0.2) is 8.78 Å². The van der Waals surface area contributed by atoms with Crippen LogP contribution in [0, 0.1) is 0 Å². The Morgan fingerprint density at radius 2 is 1.71 bits per heavy atom. The number of halogens is 2. The van der Waals surface area contributed by atoms with Crippen LogP contribution in [0.2, 0.25) is 0 Å². The van der Waals surface area contributed by atoms with Crippen molar-refractivity contribution in [1.29, 1.82) is 0 Å². The molecular weight excluding hydrogens is 186 g/mol. The Balaban J connectivity index is 2.01. The molecule has 0 aliphatic carbocycles. The zero-order chi connectivity index (χ0) is 10.6. The van der Waals surface area contributed by atoms with Gasteiger partial charge in [-0.15, -0.1) is 0 Å². The van der Waals surface area contributed by atoms with Crippen LogP contribution in [-0.2, 0) is 0 Å². The first-order valence-corrected chi connectivity index (χ1v) is 5.18. The van der Waals surface area contributed by atoms with Crippen molar-refractivity contribution in [3.8, 4) is 0 Å². The Morgan fingerprint density at radius 1 is 1.14 bits per heavy atom. The minimum Gasteiger partial charge on any atom is -0.297 e. The maximum atomic E-state index is 13.2. The molecule has 0 unspecified atom stereocenters. The fraction of sp³-hybridized carbons (Fsp3) is 1.00. The zero-order valence-electron chi connectivity index (χ0n) is 9.06. The summed E-state index contributed by atoms with van der Waals surface area (Å²) in [4.78, 5) is 4.09. The van der Waals surface area contributed by atoms with Crippen LogP contribution in [0.15, 0.2) is 0 Å². The average Bonchev–Trinajstić information content (AvgIpc) is 2.16. The topological polar surface area (TPSA) is 6.48 Å². The van der Waals surface area contributed by atoms with Crippen LogP contribution < -0.4 is 0 Å². The van der Waals surface area contributed by atoms with Crippen LogP contribution >= 0.6 is 0 Å². The highest BCUT2D eigenvalue weighted by Crippen LogP contribution is 2.44. The van der Waals surface area contributed by atoms with Gasteiger partial charge in [-0.2, -0.15) is 0 Å². The Kier molecular flexibility index (Phi) is 2.13. The molecule has 2 heterocycles. The number of likely N-dealkylation sites (tertiary alicyclic amines) is 2. The first kappa shape index (κ1) is 10.3. The molecule has 0 aromatic carbocycles. The second-order valence-electron chi connectivity index (χ2n) is 5.11. The van der Waals surface area contributed by atoms with E-state index in [4.69, 9.17) is 0 Å². The van der Waals surface area contributed by atoms with E-state index in [9.17, 15) is 8.78 Å². The van der Waals surface area contributed by atoms with Crippen LogP contribution in [0.4, 0.5) is 8.78 Å². The molecule has 0 atom stereocenters. The van der Waals surface area contributed by atoms with Gasteiger partial charge in [0.05, 0.1) is 12.1 Å². The third-order valence-corrected chi connectivity index (χ3v) is 3.59. The highest BCUT2D eigenvalue weighted by molar-refractivity contribution is 5.11. The van der Waals surface area contributed by atoms with Crippen LogP contribution in [0.25, 0.3) is 0 Å². The van der Waals surface area contributed by atoms with E-state index in [0.717, 1.165) is 13.1 Å². The van der Waals surface area contributed by atoms with Gasteiger partial charge in [0.15, 0.2) is 0 Å². The summed E-state index contributed by atoms with van der Waals surface area (Å²) in [5, 5.41) is 0. The predicted molar refractivity (Wildman–Crippen MR) is 51.6 cm³/mol. The van der Waals surface area contributed by atoms with Crippen molar-refractivity contribution in [1.82, 2.24) is 9.80 Å². The summed E-state index contributed by atoms with van der Waals surface area (Å²) in [6.45, 7) is 5.76. The highest BCUT2D eigenvalue weighted by atomic mass is 19.3. The van der Waals surface area contributed by atoms with E-state index < -0.39 is 5.92 Å². The van der Waals surface area contributed by atoms with Crippen molar-refractivity contribution < 1.29 is 8.78 Å². The second-order valence-corrected chi connectivity index (χ2v) is 5.11. The summed E-state index contributed by atoms with van der Waals surface area (Å²) in [6.07, 6.45) is 0.0414. The molecule has 0 bridgehead atoms. The van der Waals surface area contributed by atoms with E-state index >= 15 is 0 Å². The van der Waals surface area contributed by atoms with Gasteiger partial charge in [-0.05, 0) is 20.9 Å². The van der Waals surface area contributed by atoms with E-state index in [0.29, 0.717) is 6.04 Å². The van der Waals surface area contributed by atoms with Crippen LogP contribution in [-0.4, -0.2) is 54.0 Å². The van der Waals surface area contributed by atoms with Gasteiger partial charge in [0.25, 0.3) is 5.92 Å². The standard InChI is InChI=1S/C10H18F2N2/c1-8(2)14-5-9(6-14)4-10(11,12)7-13(9)3/h8H,4-7H2,1-3H3. The number of hydrogen-bond donors (Lipinski definition) is 0. The van der Waals surface area contributed by atoms with Crippen molar-refractivity contribution in [2.45, 2.75) is 37.8 Å². The largest absolute Gasteiger partial charge is 0.297 e. The van der Waals surface area contributed by atoms with E-state index in [1.54, 1.807) is 0 Å². The quantitative estimate of drug-likeness (QED) is 0.637. The van der Waals surface area contributed by atoms with Gasteiger partial charge in [0.1, 0.15) is 0 Å². The highest BCUT2D eigenvalue weighted by Gasteiger charge is 2.58. The molecule has 2 saturated heterocycles. The Bertz CT molecular complexity index is 234. The summed E-state index contributed by atoms with van der Waals surface area (Å²) in [6, 6.07) is 0.475. The van der Waals surface area contributed by atoms with Crippen LogP contribution in [0.5, 0.6) is 0 Å². The van der Waals surface area contributed by atoms with Gasteiger partial charge in [-0.1, -0.05) is 0 Å². The first-order chi connectivity index (χ1) is 6.35. The van der Waals surface area contributed by atoms with E-state index in [-0.39, 0.29) is 18.5 Å². The molecule has 2 aliphatic heterocycles. The van der Waals surface area contributed by atoms with E-state index in [1.165, 1.54) is 0 Å². The molecule has 2 nitrogen and oxygen atoms in total. The molecule has 0 aromatic rings. The zero-order valence-corrected chi connectivity index (χ0v) is 9.06. The predicted octanol–water partition coefficient (Wildman–Crippen LogP) is 1.42. The molecule has 2 rings (SSSR count). The fourth-order valence-corrected chi connectivity index (χ4v) is 2.62.